The van der Waals surface area contributed by atoms with Gasteiger partial charge in [0.1, 0.15) is 0 Å². The van der Waals surface area contributed by atoms with E-state index in [9.17, 15) is 4.79 Å². The van der Waals surface area contributed by atoms with Gasteiger partial charge in [-0.15, -0.1) is 0 Å². The number of amides is 1. The van der Waals surface area contributed by atoms with Crippen LogP contribution in [0.4, 0.5) is 5.95 Å². The Morgan fingerprint density at radius 2 is 1.90 bits per heavy atom. The normalized spacial score (nSPS) is 12.0. The van der Waals surface area contributed by atoms with Crippen LogP contribution in [0.2, 0.25) is 0 Å². The number of hydrogen-bond donors (Lipinski definition) is 2. The molecule has 1 aromatic carbocycles. The Kier molecular flexibility index (Phi) is 5.58. The largest absolute Gasteiger partial charge is 0.368 e. The second kappa shape index (κ2) is 8.47. The first-order chi connectivity index (χ1) is 14.9. The summed E-state index contributed by atoms with van der Waals surface area (Å²) in [6.07, 6.45) is 7.51. The zero-order valence-electron chi connectivity index (χ0n) is 17.8. The van der Waals surface area contributed by atoms with Crippen LogP contribution < -0.4 is 11.1 Å². The Morgan fingerprint density at radius 1 is 1.13 bits per heavy atom. The van der Waals surface area contributed by atoms with Crippen LogP contribution in [0.5, 0.6) is 0 Å². The topological polar surface area (TPSA) is 107 Å². The Balaban J connectivity index is 1.75. The quantitative estimate of drug-likeness (QED) is 0.518. The van der Waals surface area contributed by atoms with E-state index in [1.807, 2.05) is 57.3 Å². The molecule has 7 nitrogen and oxygen atoms in total. The zero-order valence-corrected chi connectivity index (χ0v) is 17.8. The van der Waals surface area contributed by atoms with Gasteiger partial charge in [0.15, 0.2) is 0 Å². The summed E-state index contributed by atoms with van der Waals surface area (Å²) in [5.74, 6) is 0.0597. The molecule has 156 valence electrons. The molecule has 3 N–H and O–H groups in total. The van der Waals surface area contributed by atoms with Gasteiger partial charge >= 0.3 is 0 Å². The third-order valence-electron chi connectivity index (χ3n) is 5.20. The lowest BCUT2D eigenvalue weighted by Crippen LogP contribution is -2.34. The number of aromatic nitrogens is 4. The van der Waals surface area contributed by atoms with Gasteiger partial charge in [-0.2, -0.15) is 0 Å². The minimum absolute atomic E-state index is 0.0626. The summed E-state index contributed by atoms with van der Waals surface area (Å²) in [6, 6.07) is 9.76. The number of aryl methyl sites for hydroxylation is 1. The van der Waals surface area contributed by atoms with Gasteiger partial charge < -0.3 is 11.1 Å². The average molecular weight is 412 g/mol. The third kappa shape index (κ3) is 4.35. The summed E-state index contributed by atoms with van der Waals surface area (Å²) in [4.78, 5) is 30.5. The van der Waals surface area contributed by atoms with Gasteiger partial charge in [0.05, 0.1) is 16.8 Å². The van der Waals surface area contributed by atoms with E-state index in [0.717, 1.165) is 27.6 Å². The van der Waals surface area contributed by atoms with E-state index in [1.54, 1.807) is 18.6 Å². The van der Waals surface area contributed by atoms with E-state index in [-0.39, 0.29) is 17.9 Å². The average Bonchev–Trinajstić information content (AvgIpc) is 2.74. The van der Waals surface area contributed by atoms with Crippen molar-refractivity contribution >= 4 is 22.8 Å². The molecule has 0 unspecified atom stereocenters. The Bertz CT molecular complexity index is 1240. The van der Waals surface area contributed by atoms with E-state index in [4.69, 9.17) is 10.7 Å². The first-order valence-corrected chi connectivity index (χ1v) is 10.1. The van der Waals surface area contributed by atoms with Crippen LogP contribution in [-0.4, -0.2) is 31.9 Å². The number of benzene rings is 1. The number of rotatable bonds is 5. The fraction of sp³-hybridized carbons (Fsp3) is 0.208. The van der Waals surface area contributed by atoms with Gasteiger partial charge in [-0.1, -0.05) is 17.7 Å². The number of hydrogen-bond acceptors (Lipinski definition) is 6. The second-order valence-corrected chi connectivity index (χ2v) is 7.75. The molecule has 0 aliphatic rings. The Morgan fingerprint density at radius 3 is 2.61 bits per heavy atom. The molecule has 3 heterocycles. The maximum absolute atomic E-state index is 13.4. The van der Waals surface area contributed by atoms with Crippen LogP contribution in [-0.2, 0) is 6.42 Å². The molecule has 1 amide bonds. The fourth-order valence-electron chi connectivity index (χ4n) is 3.73. The summed E-state index contributed by atoms with van der Waals surface area (Å²) in [5, 5.41) is 3.96. The molecule has 4 aromatic rings. The van der Waals surface area contributed by atoms with E-state index in [0.29, 0.717) is 23.2 Å². The van der Waals surface area contributed by atoms with Gasteiger partial charge in [-0.25, -0.2) is 15.0 Å². The van der Waals surface area contributed by atoms with Gasteiger partial charge in [0, 0.05) is 41.8 Å². The van der Waals surface area contributed by atoms with Crippen molar-refractivity contribution < 1.29 is 4.79 Å². The van der Waals surface area contributed by atoms with Crippen LogP contribution in [0.1, 0.15) is 34.0 Å². The smallest absolute Gasteiger partial charge is 0.252 e. The van der Waals surface area contributed by atoms with Crippen molar-refractivity contribution in [3.8, 4) is 11.3 Å². The standard InChI is InChI=1S/C24H24N6O/c1-14-6-7-20-19(9-14)21(16(3)22(30-20)18-12-27-24(25)28-13-18)23(31)29-15(2)10-17-5-4-8-26-11-17/h4-9,11-13,15H,10H2,1-3H3,(H,29,31)(H2,25,27,28)/t15-/m1/s1. The van der Waals surface area contributed by atoms with Crippen molar-refractivity contribution in [1.29, 1.82) is 0 Å². The maximum Gasteiger partial charge on any atom is 0.252 e. The fourth-order valence-corrected chi connectivity index (χ4v) is 3.73. The van der Waals surface area contributed by atoms with Crippen molar-refractivity contribution in [2.45, 2.75) is 33.2 Å². The molecule has 0 spiro atoms. The number of fused-ring (bicyclic) bond motifs is 1. The van der Waals surface area contributed by atoms with E-state index in [1.165, 1.54) is 0 Å². The molecule has 0 aliphatic carbocycles. The molecule has 1 atom stereocenters. The Hall–Kier alpha value is -3.87. The van der Waals surface area contributed by atoms with Crippen molar-refractivity contribution in [1.82, 2.24) is 25.3 Å². The van der Waals surface area contributed by atoms with Crippen molar-refractivity contribution in [2.24, 2.45) is 0 Å². The van der Waals surface area contributed by atoms with Gasteiger partial charge in [0.25, 0.3) is 5.91 Å². The number of pyridine rings is 2. The lowest BCUT2D eigenvalue weighted by Gasteiger charge is -2.18. The molecule has 0 saturated heterocycles. The number of nitrogens with one attached hydrogen (secondary N) is 1. The minimum Gasteiger partial charge on any atom is -0.368 e. The highest BCUT2D eigenvalue weighted by Crippen LogP contribution is 2.30. The van der Waals surface area contributed by atoms with Crippen molar-refractivity contribution in [3.63, 3.8) is 0 Å². The number of carbonyl (C=O) groups is 1. The van der Waals surface area contributed by atoms with E-state index in [2.05, 4.69) is 20.3 Å². The molecule has 3 aromatic heterocycles. The minimum atomic E-state index is -0.135. The van der Waals surface area contributed by atoms with Gasteiger partial charge in [-0.3, -0.25) is 9.78 Å². The zero-order chi connectivity index (χ0) is 22.0. The van der Waals surface area contributed by atoms with Crippen LogP contribution >= 0.6 is 0 Å². The number of anilines is 1. The molecule has 0 bridgehead atoms. The van der Waals surface area contributed by atoms with Gasteiger partial charge in [-0.05, 0) is 56.5 Å². The monoisotopic (exact) mass is 412 g/mol. The number of carbonyl (C=O) groups excluding carboxylic acids is 1. The van der Waals surface area contributed by atoms with Crippen LogP contribution in [0, 0.1) is 13.8 Å². The SMILES string of the molecule is Cc1ccc2nc(-c3cnc(N)nc3)c(C)c(C(=O)N[C@H](C)Cc3cccnc3)c2c1. The van der Waals surface area contributed by atoms with Gasteiger partial charge in [0.2, 0.25) is 5.95 Å². The third-order valence-corrected chi connectivity index (χ3v) is 5.20. The number of nitrogen functional groups attached to an aromatic ring is 1. The molecular formula is C24H24N6O. The molecule has 0 aliphatic heterocycles. The van der Waals surface area contributed by atoms with Crippen molar-refractivity contribution in [2.75, 3.05) is 5.73 Å². The molecule has 0 fully saturated rings. The summed E-state index contributed by atoms with van der Waals surface area (Å²) < 4.78 is 0. The molecule has 0 saturated carbocycles. The highest BCUT2D eigenvalue weighted by molar-refractivity contribution is 6.09. The number of nitrogens with zero attached hydrogens (tertiary/aromatic N) is 4. The summed E-state index contributed by atoms with van der Waals surface area (Å²) in [5.41, 5.74) is 11.3. The predicted molar refractivity (Wildman–Crippen MR) is 122 cm³/mol. The first-order valence-electron chi connectivity index (χ1n) is 10.1. The molecule has 4 rings (SSSR count). The summed E-state index contributed by atoms with van der Waals surface area (Å²) in [6.45, 7) is 5.90. The summed E-state index contributed by atoms with van der Waals surface area (Å²) >= 11 is 0. The molecule has 31 heavy (non-hydrogen) atoms. The lowest BCUT2D eigenvalue weighted by molar-refractivity contribution is 0.0941. The second-order valence-electron chi connectivity index (χ2n) is 7.75. The highest BCUT2D eigenvalue weighted by Gasteiger charge is 2.21. The summed E-state index contributed by atoms with van der Waals surface area (Å²) in [7, 11) is 0. The predicted octanol–water partition coefficient (Wildman–Crippen LogP) is 3.65. The molecule has 0 radical (unpaired) electrons. The van der Waals surface area contributed by atoms with E-state index >= 15 is 0 Å². The van der Waals surface area contributed by atoms with Crippen molar-refractivity contribution in [3.05, 3.63) is 77.4 Å². The first kappa shape index (κ1) is 20.4. The van der Waals surface area contributed by atoms with E-state index < -0.39 is 0 Å². The maximum atomic E-state index is 13.4. The number of nitrogens with two attached hydrogens (primary N) is 1. The van der Waals surface area contributed by atoms with Crippen LogP contribution in [0.15, 0.2) is 55.1 Å². The Labute approximate surface area is 180 Å². The molecular weight excluding hydrogens is 388 g/mol. The lowest BCUT2D eigenvalue weighted by atomic mass is 9.96. The van der Waals surface area contributed by atoms with Crippen LogP contribution in [0.3, 0.4) is 0 Å². The highest BCUT2D eigenvalue weighted by atomic mass is 16.1. The van der Waals surface area contributed by atoms with Crippen LogP contribution in [0.25, 0.3) is 22.2 Å². The molecule has 7 heteroatoms.